The van der Waals surface area contributed by atoms with E-state index in [1.165, 1.54) is 26.3 Å². The zero-order valence-corrected chi connectivity index (χ0v) is 14.3. The van der Waals surface area contributed by atoms with E-state index in [2.05, 4.69) is 6.08 Å². The molecule has 0 spiro atoms. The molecule has 0 heterocycles. The minimum atomic E-state index is -1.87. The molecule has 0 rings (SSSR count). The Labute approximate surface area is 132 Å². The van der Waals surface area contributed by atoms with Crippen LogP contribution >= 0.6 is 0 Å². The lowest BCUT2D eigenvalue weighted by Gasteiger charge is -2.28. The lowest BCUT2D eigenvalue weighted by atomic mass is 10.0. The van der Waals surface area contributed by atoms with Gasteiger partial charge in [-0.25, -0.2) is 0 Å². The summed E-state index contributed by atoms with van der Waals surface area (Å²) in [7, 11) is 0. The van der Waals surface area contributed by atoms with E-state index < -0.39 is 23.5 Å². The van der Waals surface area contributed by atoms with Crippen LogP contribution in [0.3, 0.4) is 0 Å². The number of esters is 2. The van der Waals surface area contributed by atoms with Gasteiger partial charge in [0.25, 0.3) is 0 Å². The fraction of sp³-hybridized carbons (Fsp3) is 0.588. The molecule has 0 atom stereocenters. The molecule has 5 heteroatoms. The Morgan fingerprint density at radius 3 is 1.73 bits per heavy atom. The Morgan fingerprint density at radius 2 is 1.36 bits per heavy atom. The van der Waals surface area contributed by atoms with Crippen LogP contribution < -0.4 is 0 Å². The first kappa shape index (κ1) is 20.1. The Bertz CT molecular complexity index is 465. The topological polar surface area (TPSA) is 69.7 Å². The van der Waals surface area contributed by atoms with Crippen LogP contribution in [-0.2, 0) is 23.9 Å². The summed E-state index contributed by atoms with van der Waals surface area (Å²) < 4.78 is 10.0. The molecule has 22 heavy (non-hydrogen) atoms. The van der Waals surface area contributed by atoms with Crippen molar-refractivity contribution in [3.63, 3.8) is 0 Å². The van der Waals surface area contributed by atoms with E-state index in [1.807, 2.05) is 20.8 Å². The molecule has 124 valence electrons. The molecule has 0 amide bonds. The van der Waals surface area contributed by atoms with Gasteiger partial charge < -0.3 is 9.47 Å². The van der Waals surface area contributed by atoms with Gasteiger partial charge in [-0.15, -0.1) is 0 Å². The summed E-state index contributed by atoms with van der Waals surface area (Å²) >= 11 is 0. The number of ether oxygens (including phenoxy) is 2. The van der Waals surface area contributed by atoms with Crippen LogP contribution in [-0.4, -0.2) is 23.5 Å². The van der Waals surface area contributed by atoms with Crippen molar-refractivity contribution in [2.24, 2.45) is 0 Å². The molecule has 0 aliphatic rings. The fourth-order valence-electron chi connectivity index (χ4n) is 1.86. The molecule has 0 saturated carbocycles. The smallest absolute Gasteiger partial charge is 0.319 e. The summed E-state index contributed by atoms with van der Waals surface area (Å²) in [4.78, 5) is 34.3. The maximum atomic E-state index is 11.9. The predicted molar refractivity (Wildman–Crippen MR) is 84.0 cm³/mol. The van der Waals surface area contributed by atoms with Gasteiger partial charge >= 0.3 is 17.7 Å². The van der Waals surface area contributed by atoms with E-state index >= 15 is 0 Å². The monoisotopic (exact) mass is 310 g/mol. The number of hydrogen-bond acceptors (Lipinski definition) is 5. The lowest BCUT2D eigenvalue weighted by molar-refractivity contribution is -0.221. The first-order chi connectivity index (χ1) is 10.1. The average Bonchev–Trinajstić information content (AvgIpc) is 2.33. The molecule has 0 N–H and O–H groups in total. The molecule has 0 fully saturated rings. The standard InChI is InChI=1S/C17H26O5/c1-12(2)8-7-9-13(3)10-11-17(14(4)18,21-15(5)19)22-16(6)20/h8,10H,7,9,11H2,1-6H3. The molecule has 0 unspecified atom stereocenters. The van der Waals surface area contributed by atoms with Gasteiger partial charge in [0.2, 0.25) is 5.78 Å². The highest BCUT2D eigenvalue weighted by molar-refractivity contribution is 5.88. The third kappa shape index (κ3) is 7.76. The van der Waals surface area contributed by atoms with E-state index in [9.17, 15) is 14.4 Å². The Morgan fingerprint density at radius 1 is 0.864 bits per heavy atom. The minimum Gasteiger partial charge on any atom is -0.415 e. The van der Waals surface area contributed by atoms with Crippen LogP contribution in [0.5, 0.6) is 0 Å². The van der Waals surface area contributed by atoms with Gasteiger partial charge in [-0.3, -0.25) is 14.4 Å². The van der Waals surface area contributed by atoms with E-state index in [0.29, 0.717) is 0 Å². The predicted octanol–water partition coefficient (Wildman–Crippen LogP) is 3.48. The van der Waals surface area contributed by atoms with Crippen molar-refractivity contribution < 1.29 is 23.9 Å². The van der Waals surface area contributed by atoms with Gasteiger partial charge in [-0.05, 0) is 33.6 Å². The quantitative estimate of drug-likeness (QED) is 0.390. The average molecular weight is 310 g/mol. The molecular weight excluding hydrogens is 284 g/mol. The molecule has 0 aliphatic heterocycles. The minimum absolute atomic E-state index is 0.0160. The number of ketones is 1. The number of carbonyl (C=O) groups is 3. The number of carbonyl (C=O) groups excluding carboxylic acids is 3. The first-order valence-corrected chi connectivity index (χ1v) is 7.28. The zero-order chi connectivity index (χ0) is 17.3. The third-order valence-corrected chi connectivity index (χ3v) is 2.96. The van der Waals surface area contributed by atoms with Gasteiger partial charge in [0.05, 0.1) is 6.42 Å². The van der Waals surface area contributed by atoms with Crippen LogP contribution in [0.2, 0.25) is 0 Å². The number of rotatable bonds is 8. The second kappa shape index (κ2) is 9.18. The van der Waals surface area contributed by atoms with Crippen molar-refractivity contribution in [3.8, 4) is 0 Å². The molecule has 0 bridgehead atoms. The summed E-state index contributed by atoms with van der Waals surface area (Å²) in [5.74, 6) is -3.74. The number of allylic oxidation sites excluding steroid dienone is 3. The highest BCUT2D eigenvalue weighted by atomic mass is 16.7. The van der Waals surface area contributed by atoms with Crippen LogP contribution in [0.15, 0.2) is 23.3 Å². The number of Topliss-reactive ketones (excluding diaryl/α,β-unsaturated/α-hetero) is 1. The van der Waals surface area contributed by atoms with Crippen LogP contribution in [0.4, 0.5) is 0 Å². The van der Waals surface area contributed by atoms with Crippen LogP contribution in [0.1, 0.15) is 60.8 Å². The van der Waals surface area contributed by atoms with Crippen molar-refractivity contribution in [2.45, 2.75) is 66.6 Å². The summed E-state index contributed by atoms with van der Waals surface area (Å²) in [5.41, 5.74) is 2.27. The normalized spacial score (nSPS) is 11.6. The van der Waals surface area contributed by atoms with Crippen LogP contribution in [0, 0.1) is 0 Å². The second-order valence-corrected chi connectivity index (χ2v) is 5.57. The van der Waals surface area contributed by atoms with Crippen molar-refractivity contribution in [1.29, 1.82) is 0 Å². The van der Waals surface area contributed by atoms with Gasteiger partial charge in [-0.2, -0.15) is 0 Å². The van der Waals surface area contributed by atoms with Crippen molar-refractivity contribution in [3.05, 3.63) is 23.3 Å². The van der Waals surface area contributed by atoms with Crippen molar-refractivity contribution >= 4 is 17.7 Å². The highest BCUT2D eigenvalue weighted by Crippen LogP contribution is 2.23. The molecule has 0 saturated heterocycles. The molecule has 0 aromatic carbocycles. The second-order valence-electron chi connectivity index (χ2n) is 5.57. The maximum absolute atomic E-state index is 11.9. The molecule has 0 aromatic rings. The third-order valence-electron chi connectivity index (χ3n) is 2.96. The summed E-state index contributed by atoms with van der Waals surface area (Å²) in [6, 6.07) is 0. The van der Waals surface area contributed by atoms with Gasteiger partial charge in [0.1, 0.15) is 0 Å². The summed E-state index contributed by atoms with van der Waals surface area (Å²) in [5, 5.41) is 0. The molecule has 5 nitrogen and oxygen atoms in total. The molecular formula is C17H26O5. The van der Waals surface area contributed by atoms with Gasteiger partial charge in [0, 0.05) is 20.8 Å². The molecule has 0 aromatic heterocycles. The van der Waals surface area contributed by atoms with Crippen molar-refractivity contribution in [1.82, 2.24) is 0 Å². The first-order valence-electron chi connectivity index (χ1n) is 7.28. The lowest BCUT2D eigenvalue weighted by Crippen LogP contribution is -2.45. The van der Waals surface area contributed by atoms with Crippen molar-refractivity contribution in [2.75, 3.05) is 0 Å². The van der Waals surface area contributed by atoms with Crippen LogP contribution in [0.25, 0.3) is 0 Å². The van der Waals surface area contributed by atoms with Gasteiger partial charge in [-0.1, -0.05) is 23.3 Å². The Hall–Kier alpha value is -1.91. The fourth-order valence-corrected chi connectivity index (χ4v) is 1.86. The SMILES string of the molecule is CC(=O)OC(CC=C(C)CCC=C(C)C)(OC(C)=O)C(C)=O. The largest absolute Gasteiger partial charge is 0.415 e. The number of hydrogen-bond donors (Lipinski definition) is 0. The highest BCUT2D eigenvalue weighted by Gasteiger charge is 2.41. The summed E-state index contributed by atoms with van der Waals surface area (Å²) in [6.45, 7) is 9.56. The molecule has 0 aliphatic carbocycles. The van der Waals surface area contributed by atoms with E-state index in [-0.39, 0.29) is 6.42 Å². The zero-order valence-electron chi connectivity index (χ0n) is 14.3. The van der Waals surface area contributed by atoms with E-state index in [1.54, 1.807) is 6.08 Å². The van der Waals surface area contributed by atoms with E-state index in [0.717, 1.165) is 18.4 Å². The van der Waals surface area contributed by atoms with Gasteiger partial charge in [0.15, 0.2) is 0 Å². The maximum Gasteiger partial charge on any atom is 0.319 e. The Kier molecular flexibility index (Phi) is 8.38. The Balaban J connectivity index is 5.10. The molecule has 0 radical (unpaired) electrons. The summed E-state index contributed by atoms with van der Waals surface area (Å²) in [6.07, 6.45) is 5.61. The van der Waals surface area contributed by atoms with E-state index in [4.69, 9.17) is 9.47 Å².